The van der Waals surface area contributed by atoms with E-state index in [1.54, 1.807) is 12.1 Å². The van der Waals surface area contributed by atoms with E-state index < -0.39 is 11.9 Å². The summed E-state index contributed by atoms with van der Waals surface area (Å²) in [6.07, 6.45) is 0. The smallest absolute Gasteiger partial charge is 0.308 e. The standard InChI is InChI=1S/C15H11Cl2NO4/c1-8(19)22-14-12(16)6-9(7-13(14)17)15(21)18-10-2-4-11(20)5-3-10/h2-7,20H,1H3,(H,18,21). The Labute approximate surface area is 136 Å². The van der Waals surface area contributed by atoms with E-state index in [2.05, 4.69) is 5.32 Å². The van der Waals surface area contributed by atoms with Gasteiger partial charge < -0.3 is 15.2 Å². The van der Waals surface area contributed by atoms with Crippen LogP contribution in [-0.4, -0.2) is 17.0 Å². The highest BCUT2D eigenvalue weighted by atomic mass is 35.5. The van der Waals surface area contributed by atoms with Gasteiger partial charge in [-0.05, 0) is 36.4 Å². The van der Waals surface area contributed by atoms with Gasteiger partial charge >= 0.3 is 5.97 Å². The van der Waals surface area contributed by atoms with Crippen LogP contribution < -0.4 is 10.1 Å². The van der Waals surface area contributed by atoms with Gasteiger partial charge in [-0.3, -0.25) is 9.59 Å². The lowest BCUT2D eigenvalue weighted by Gasteiger charge is -2.10. The molecule has 0 aliphatic rings. The highest BCUT2D eigenvalue weighted by Gasteiger charge is 2.15. The third-order valence-electron chi connectivity index (χ3n) is 2.63. The maximum Gasteiger partial charge on any atom is 0.308 e. The lowest BCUT2D eigenvalue weighted by Crippen LogP contribution is -2.12. The van der Waals surface area contributed by atoms with Crippen molar-refractivity contribution >= 4 is 40.8 Å². The predicted octanol–water partition coefficient (Wildman–Crippen LogP) is 3.88. The minimum absolute atomic E-state index is 0.0111. The number of rotatable bonds is 3. The molecule has 114 valence electrons. The largest absolute Gasteiger partial charge is 0.508 e. The number of esters is 1. The summed E-state index contributed by atoms with van der Waals surface area (Å²) in [5.41, 5.74) is 0.707. The lowest BCUT2D eigenvalue weighted by molar-refractivity contribution is -0.131. The fraction of sp³-hybridized carbons (Fsp3) is 0.0667. The van der Waals surface area contributed by atoms with Crippen LogP contribution in [0, 0.1) is 0 Å². The van der Waals surface area contributed by atoms with Gasteiger partial charge in [0.2, 0.25) is 0 Å². The van der Waals surface area contributed by atoms with E-state index >= 15 is 0 Å². The highest BCUT2D eigenvalue weighted by molar-refractivity contribution is 6.38. The summed E-state index contributed by atoms with van der Waals surface area (Å²) in [7, 11) is 0. The molecule has 5 nitrogen and oxygen atoms in total. The Morgan fingerprint density at radius 3 is 2.14 bits per heavy atom. The monoisotopic (exact) mass is 339 g/mol. The number of phenolic OH excluding ortho intramolecular Hbond substituents is 1. The van der Waals surface area contributed by atoms with Crippen LogP contribution in [0.15, 0.2) is 36.4 Å². The molecular formula is C15H11Cl2NO4. The van der Waals surface area contributed by atoms with E-state index in [1.807, 2.05) is 0 Å². The van der Waals surface area contributed by atoms with Crippen LogP contribution >= 0.6 is 23.2 Å². The zero-order valence-electron chi connectivity index (χ0n) is 11.4. The van der Waals surface area contributed by atoms with Crippen molar-refractivity contribution in [1.29, 1.82) is 0 Å². The van der Waals surface area contributed by atoms with Crippen LogP contribution in [0.3, 0.4) is 0 Å². The Kier molecular flexibility index (Phi) is 4.90. The number of carbonyl (C=O) groups is 2. The second-order valence-electron chi connectivity index (χ2n) is 4.36. The van der Waals surface area contributed by atoms with Crippen LogP contribution in [0.2, 0.25) is 10.0 Å². The van der Waals surface area contributed by atoms with Crippen molar-refractivity contribution in [2.24, 2.45) is 0 Å². The molecule has 0 saturated carbocycles. The number of aromatic hydroxyl groups is 1. The molecule has 2 aromatic carbocycles. The first-order chi connectivity index (χ1) is 10.4. The molecule has 0 radical (unpaired) electrons. The van der Waals surface area contributed by atoms with Gasteiger partial charge in [-0.2, -0.15) is 0 Å². The summed E-state index contributed by atoms with van der Waals surface area (Å²) in [5.74, 6) is -0.902. The van der Waals surface area contributed by atoms with Gasteiger partial charge in [0.1, 0.15) is 5.75 Å². The summed E-state index contributed by atoms with van der Waals surface area (Å²) < 4.78 is 4.88. The van der Waals surface area contributed by atoms with Crippen LogP contribution in [0.4, 0.5) is 5.69 Å². The minimum Gasteiger partial charge on any atom is -0.508 e. The molecular weight excluding hydrogens is 329 g/mol. The van der Waals surface area contributed by atoms with Gasteiger partial charge in [0.15, 0.2) is 5.75 Å². The van der Waals surface area contributed by atoms with Gasteiger partial charge in [-0.25, -0.2) is 0 Å². The number of halogens is 2. The first-order valence-corrected chi connectivity index (χ1v) is 6.90. The fourth-order valence-electron chi connectivity index (χ4n) is 1.68. The quantitative estimate of drug-likeness (QED) is 0.505. The Morgan fingerprint density at radius 2 is 1.64 bits per heavy atom. The third-order valence-corrected chi connectivity index (χ3v) is 3.19. The van der Waals surface area contributed by atoms with E-state index in [9.17, 15) is 14.7 Å². The molecule has 0 saturated heterocycles. The molecule has 2 N–H and O–H groups in total. The average molecular weight is 340 g/mol. The summed E-state index contributed by atoms with van der Waals surface area (Å²) in [6.45, 7) is 1.22. The molecule has 0 heterocycles. The minimum atomic E-state index is -0.565. The fourth-order valence-corrected chi connectivity index (χ4v) is 2.24. The Morgan fingerprint density at radius 1 is 1.09 bits per heavy atom. The van der Waals surface area contributed by atoms with Crippen molar-refractivity contribution in [1.82, 2.24) is 0 Å². The molecule has 0 bridgehead atoms. The van der Waals surface area contributed by atoms with Crippen molar-refractivity contribution in [2.75, 3.05) is 5.32 Å². The molecule has 0 unspecified atom stereocenters. The van der Waals surface area contributed by atoms with Crippen molar-refractivity contribution < 1.29 is 19.4 Å². The Balaban J connectivity index is 2.23. The lowest BCUT2D eigenvalue weighted by atomic mass is 10.2. The molecule has 1 amide bonds. The molecule has 22 heavy (non-hydrogen) atoms. The number of benzene rings is 2. The van der Waals surface area contributed by atoms with Gasteiger partial charge in [0.05, 0.1) is 10.0 Å². The molecule has 0 fully saturated rings. The summed E-state index contributed by atoms with van der Waals surface area (Å²) >= 11 is 11.9. The van der Waals surface area contributed by atoms with Crippen LogP contribution in [0.25, 0.3) is 0 Å². The van der Waals surface area contributed by atoms with Crippen LogP contribution in [0.1, 0.15) is 17.3 Å². The van der Waals surface area contributed by atoms with Crippen LogP contribution in [-0.2, 0) is 4.79 Å². The van der Waals surface area contributed by atoms with Crippen molar-refractivity contribution in [3.05, 3.63) is 52.0 Å². The topological polar surface area (TPSA) is 75.6 Å². The number of hydrogen-bond acceptors (Lipinski definition) is 4. The molecule has 2 aromatic rings. The third kappa shape index (κ3) is 3.90. The summed E-state index contributed by atoms with van der Waals surface area (Å²) in [6, 6.07) is 8.68. The van der Waals surface area contributed by atoms with E-state index in [0.29, 0.717) is 5.69 Å². The highest BCUT2D eigenvalue weighted by Crippen LogP contribution is 2.34. The molecule has 0 spiro atoms. The van der Waals surface area contributed by atoms with Crippen molar-refractivity contribution in [3.63, 3.8) is 0 Å². The maximum absolute atomic E-state index is 12.1. The predicted molar refractivity (Wildman–Crippen MR) is 83.8 cm³/mol. The van der Waals surface area contributed by atoms with E-state index in [-0.39, 0.29) is 27.1 Å². The van der Waals surface area contributed by atoms with Gasteiger partial charge in [-0.1, -0.05) is 23.2 Å². The first-order valence-electron chi connectivity index (χ1n) is 6.14. The number of carbonyl (C=O) groups excluding carboxylic acids is 2. The zero-order valence-corrected chi connectivity index (χ0v) is 12.9. The molecule has 0 aliphatic heterocycles. The Bertz CT molecular complexity index is 706. The van der Waals surface area contributed by atoms with Crippen molar-refractivity contribution in [2.45, 2.75) is 6.92 Å². The van der Waals surface area contributed by atoms with Gasteiger partial charge in [-0.15, -0.1) is 0 Å². The number of hydrogen-bond donors (Lipinski definition) is 2. The zero-order chi connectivity index (χ0) is 16.3. The molecule has 0 atom stereocenters. The summed E-state index contributed by atoms with van der Waals surface area (Å²) in [5, 5.41) is 11.9. The molecule has 7 heteroatoms. The number of nitrogens with one attached hydrogen (secondary N) is 1. The number of ether oxygens (including phenoxy) is 1. The molecule has 2 rings (SSSR count). The first kappa shape index (κ1) is 16.1. The van der Waals surface area contributed by atoms with Crippen molar-refractivity contribution in [3.8, 4) is 11.5 Å². The van der Waals surface area contributed by atoms with E-state index in [0.717, 1.165) is 0 Å². The van der Waals surface area contributed by atoms with E-state index in [4.69, 9.17) is 27.9 Å². The molecule has 0 aliphatic carbocycles. The number of amides is 1. The number of phenols is 1. The van der Waals surface area contributed by atoms with Crippen LogP contribution in [0.5, 0.6) is 11.5 Å². The maximum atomic E-state index is 12.1. The second-order valence-corrected chi connectivity index (χ2v) is 5.18. The molecule has 0 aromatic heterocycles. The number of anilines is 1. The second kappa shape index (κ2) is 6.68. The Hall–Kier alpha value is -2.24. The van der Waals surface area contributed by atoms with E-state index in [1.165, 1.54) is 31.2 Å². The average Bonchev–Trinajstić information content (AvgIpc) is 2.45. The normalized spacial score (nSPS) is 10.1. The summed E-state index contributed by atoms with van der Waals surface area (Å²) in [4.78, 5) is 23.1. The SMILES string of the molecule is CC(=O)Oc1c(Cl)cc(C(=O)Nc2ccc(O)cc2)cc1Cl. The van der Waals surface area contributed by atoms with Gasteiger partial charge in [0, 0.05) is 18.2 Å². The van der Waals surface area contributed by atoms with Gasteiger partial charge in [0.25, 0.3) is 5.91 Å².